The van der Waals surface area contributed by atoms with Gasteiger partial charge in [0.25, 0.3) is 0 Å². The van der Waals surface area contributed by atoms with Crippen LogP contribution in [0.3, 0.4) is 0 Å². The summed E-state index contributed by atoms with van der Waals surface area (Å²) in [5.41, 5.74) is 2.32. The standard InChI is InChI=1S/C27H27FN4S/c28-20-11-12-25-23(19-20)21-7-1-3-9-24(21)32(25)14-6-5-13-30-15-17-31(18-16-30)27-22-8-2-4-10-26(22)33-29-27/h1-4,7-12,19H,5-6,13-18H2. The van der Waals surface area contributed by atoms with Gasteiger partial charge < -0.3 is 9.47 Å². The Morgan fingerprint density at radius 2 is 1.48 bits per heavy atom. The van der Waals surface area contributed by atoms with Gasteiger partial charge in [0.2, 0.25) is 0 Å². The summed E-state index contributed by atoms with van der Waals surface area (Å²) in [6, 6.07) is 22.0. The molecule has 0 radical (unpaired) electrons. The van der Waals surface area contributed by atoms with Crippen molar-refractivity contribution < 1.29 is 4.39 Å². The average Bonchev–Trinajstić information content (AvgIpc) is 3.42. The van der Waals surface area contributed by atoms with Crippen LogP contribution in [0, 0.1) is 5.82 Å². The smallest absolute Gasteiger partial charge is 0.150 e. The fraction of sp³-hybridized carbons (Fsp3) is 0.296. The molecular formula is C27H27FN4S. The molecule has 2 aromatic heterocycles. The van der Waals surface area contributed by atoms with Crippen LogP contribution in [0.1, 0.15) is 12.8 Å². The van der Waals surface area contributed by atoms with Crippen LogP contribution in [0.5, 0.6) is 0 Å². The number of benzene rings is 3. The number of aromatic nitrogens is 2. The van der Waals surface area contributed by atoms with Crippen LogP contribution < -0.4 is 4.90 Å². The fourth-order valence-electron chi connectivity index (χ4n) is 5.16. The molecule has 1 saturated heterocycles. The Morgan fingerprint density at radius 1 is 0.758 bits per heavy atom. The van der Waals surface area contributed by atoms with Crippen molar-refractivity contribution in [2.24, 2.45) is 0 Å². The molecule has 0 unspecified atom stereocenters. The number of aryl methyl sites for hydroxylation is 1. The molecule has 5 aromatic rings. The molecule has 1 aliphatic heterocycles. The van der Waals surface area contributed by atoms with Gasteiger partial charge in [-0.1, -0.05) is 30.3 Å². The van der Waals surface area contributed by atoms with Crippen molar-refractivity contribution in [2.45, 2.75) is 19.4 Å². The second-order valence-corrected chi connectivity index (χ2v) is 9.67. The van der Waals surface area contributed by atoms with Gasteiger partial charge in [-0.05, 0) is 67.3 Å². The normalized spacial score (nSPS) is 15.2. The van der Waals surface area contributed by atoms with E-state index in [9.17, 15) is 4.39 Å². The molecule has 6 heteroatoms. The summed E-state index contributed by atoms with van der Waals surface area (Å²) in [7, 11) is 0. The first-order chi connectivity index (χ1) is 16.3. The van der Waals surface area contributed by atoms with Crippen molar-refractivity contribution in [1.29, 1.82) is 0 Å². The second-order valence-electron chi connectivity index (χ2n) is 8.87. The average molecular weight is 459 g/mol. The zero-order chi connectivity index (χ0) is 22.2. The lowest BCUT2D eigenvalue weighted by Gasteiger charge is -2.35. The molecule has 6 rings (SSSR count). The van der Waals surface area contributed by atoms with Gasteiger partial charge in [0.15, 0.2) is 0 Å². The second kappa shape index (κ2) is 8.76. The highest BCUT2D eigenvalue weighted by molar-refractivity contribution is 7.13. The first-order valence-corrected chi connectivity index (χ1v) is 12.5. The van der Waals surface area contributed by atoms with Gasteiger partial charge >= 0.3 is 0 Å². The van der Waals surface area contributed by atoms with E-state index in [2.05, 4.69) is 56.8 Å². The van der Waals surface area contributed by atoms with E-state index in [1.54, 1.807) is 23.7 Å². The molecule has 0 bridgehead atoms. The number of hydrogen-bond acceptors (Lipinski definition) is 4. The Hall–Kier alpha value is -2.96. The number of rotatable bonds is 6. The molecule has 0 saturated carbocycles. The number of piperazine rings is 1. The molecule has 4 nitrogen and oxygen atoms in total. The van der Waals surface area contributed by atoms with Gasteiger partial charge in [0.1, 0.15) is 11.6 Å². The molecule has 1 aliphatic rings. The van der Waals surface area contributed by atoms with Crippen LogP contribution in [-0.4, -0.2) is 46.6 Å². The van der Waals surface area contributed by atoms with Crippen molar-refractivity contribution in [3.8, 4) is 0 Å². The Labute approximate surface area is 197 Å². The maximum atomic E-state index is 13.9. The predicted molar refractivity (Wildman–Crippen MR) is 137 cm³/mol. The molecule has 3 heterocycles. The Kier molecular flexibility index (Phi) is 5.48. The summed E-state index contributed by atoms with van der Waals surface area (Å²) in [4.78, 5) is 5.01. The number of para-hydroxylation sites is 1. The van der Waals surface area contributed by atoms with Crippen LogP contribution in [0.15, 0.2) is 66.7 Å². The summed E-state index contributed by atoms with van der Waals surface area (Å²) >= 11 is 1.60. The summed E-state index contributed by atoms with van der Waals surface area (Å²) in [6.07, 6.45) is 2.27. The van der Waals surface area contributed by atoms with E-state index in [0.717, 1.165) is 74.2 Å². The lowest BCUT2D eigenvalue weighted by Crippen LogP contribution is -2.46. The van der Waals surface area contributed by atoms with E-state index >= 15 is 0 Å². The van der Waals surface area contributed by atoms with Crippen molar-refractivity contribution in [3.63, 3.8) is 0 Å². The zero-order valence-corrected chi connectivity index (χ0v) is 19.4. The van der Waals surface area contributed by atoms with Gasteiger partial charge in [-0.25, -0.2) is 4.39 Å². The quantitative estimate of drug-likeness (QED) is 0.285. The Bertz CT molecular complexity index is 1410. The Balaban J connectivity index is 1.06. The molecule has 0 amide bonds. The highest BCUT2D eigenvalue weighted by Crippen LogP contribution is 2.31. The largest absolute Gasteiger partial charge is 0.353 e. The number of halogens is 1. The number of hydrogen-bond donors (Lipinski definition) is 0. The van der Waals surface area contributed by atoms with Crippen molar-refractivity contribution in [1.82, 2.24) is 13.8 Å². The van der Waals surface area contributed by atoms with E-state index in [4.69, 9.17) is 4.37 Å². The maximum Gasteiger partial charge on any atom is 0.150 e. The van der Waals surface area contributed by atoms with Crippen LogP contribution >= 0.6 is 11.5 Å². The van der Waals surface area contributed by atoms with E-state index in [1.165, 1.54) is 15.6 Å². The molecular weight excluding hydrogens is 431 g/mol. The summed E-state index contributed by atoms with van der Waals surface area (Å²) in [5.74, 6) is 0.980. The van der Waals surface area contributed by atoms with E-state index in [-0.39, 0.29) is 5.82 Å². The van der Waals surface area contributed by atoms with Gasteiger partial charge in [0, 0.05) is 59.9 Å². The van der Waals surface area contributed by atoms with E-state index in [0.29, 0.717) is 0 Å². The molecule has 0 atom stereocenters. The third-order valence-corrected chi connectivity index (χ3v) is 7.69. The highest BCUT2D eigenvalue weighted by Gasteiger charge is 2.20. The molecule has 1 fully saturated rings. The monoisotopic (exact) mass is 458 g/mol. The number of unbranched alkanes of at least 4 members (excludes halogenated alkanes) is 1. The van der Waals surface area contributed by atoms with Crippen molar-refractivity contribution in [3.05, 3.63) is 72.5 Å². The van der Waals surface area contributed by atoms with Crippen molar-refractivity contribution in [2.75, 3.05) is 37.6 Å². The molecule has 0 N–H and O–H groups in total. The molecule has 0 spiro atoms. The topological polar surface area (TPSA) is 24.3 Å². The molecule has 0 aliphatic carbocycles. The molecule has 168 valence electrons. The third kappa shape index (κ3) is 3.87. The van der Waals surface area contributed by atoms with E-state index < -0.39 is 0 Å². The first-order valence-electron chi connectivity index (χ1n) is 11.8. The summed E-state index contributed by atoms with van der Waals surface area (Å²) in [5, 5.41) is 3.43. The minimum atomic E-state index is -0.171. The third-order valence-electron chi connectivity index (χ3n) is 6.87. The minimum Gasteiger partial charge on any atom is -0.353 e. The predicted octanol–water partition coefficient (Wildman–Crippen LogP) is 6.15. The molecule has 3 aromatic carbocycles. The highest BCUT2D eigenvalue weighted by atomic mass is 32.1. The fourth-order valence-corrected chi connectivity index (χ4v) is 5.95. The van der Waals surface area contributed by atoms with Gasteiger partial charge in [-0.3, -0.25) is 4.90 Å². The lowest BCUT2D eigenvalue weighted by molar-refractivity contribution is 0.251. The number of fused-ring (bicyclic) bond motifs is 4. The maximum absolute atomic E-state index is 13.9. The van der Waals surface area contributed by atoms with Crippen molar-refractivity contribution >= 4 is 49.2 Å². The minimum absolute atomic E-state index is 0.171. The van der Waals surface area contributed by atoms with Gasteiger partial charge in [0.05, 0.1) is 4.70 Å². The lowest BCUT2D eigenvalue weighted by atomic mass is 10.1. The van der Waals surface area contributed by atoms with Crippen LogP contribution in [0.2, 0.25) is 0 Å². The summed E-state index contributed by atoms with van der Waals surface area (Å²) in [6.45, 7) is 6.32. The van der Waals surface area contributed by atoms with E-state index in [1.807, 2.05) is 12.1 Å². The Morgan fingerprint density at radius 3 is 2.36 bits per heavy atom. The van der Waals surface area contributed by atoms with Gasteiger partial charge in [-0.2, -0.15) is 4.37 Å². The summed E-state index contributed by atoms with van der Waals surface area (Å²) < 4.78 is 22.2. The number of nitrogens with zero attached hydrogens (tertiary/aromatic N) is 4. The number of anilines is 1. The van der Waals surface area contributed by atoms with Crippen LogP contribution in [0.25, 0.3) is 31.9 Å². The SMILES string of the molecule is Fc1ccc2c(c1)c1ccccc1n2CCCCN1CCN(c2nsc3ccccc23)CC1. The van der Waals surface area contributed by atoms with Crippen LogP contribution in [-0.2, 0) is 6.54 Å². The zero-order valence-electron chi connectivity index (χ0n) is 18.6. The first kappa shape index (κ1) is 20.6. The molecule has 33 heavy (non-hydrogen) atoms. The van der Waals surface area contributed by atoms with Gasteiger partial charge in [-0.15, -0.1) is 0 Å². The van der Waals surface area contributed by atoms with Crippen LogP contribution in [0.4, 0.5) is 10.2 Å².